The van der Waals surface area contributed by atoms with Crippen LogP contribution in [-0.2, 0) is 13.1 Å². The number of nitrogens with zero attached hydrogens (tertiary/aromatic N) is 4. The smallest absolute Gasteiger partial charge is 0.175 e. The molecule has 31 heavy (non-hydrogen) atoms. The maximum absolute atomic E-state index is 6.24. The number of thiocarbonyl (C=S) groups is 1. The van der Waals surface area contributed by atoms with Crippen LogP contribution < -0.4 is 10.6 Å². The number of nitrogens with one attached hydrogen (secondary N) is 2. The standard InChI is InChI=1S/C22H20Cl2N6S/c1-15-5-7-16(8-6-15)11-29-12-17(9-25-29)27-22(31)28-18-10-26-30(13-18)14-19-20(23)3-2-4-21(19)24/h2-10,12-13H,11,14H2,1H3,(H2,27,28,31). The second-order valence-electron chi connectivity index (χ2n) is 7.12. The Labute approximate surface area is 195 Å². The lowest BCUT2D eigenvalue weighted by atomic mass is 10.1. The first-order valence-corrected chi connectivity index (χ1v) is 10.7. The fourth-order valence-electron chi connectivity index (χ4n) is 3.05. The molecule has 0 saturated heterocycles. The normalized spacial score (nSPS) is 10.8. The molecule has 0 aliphatic carbocycles. The average Bonchev–Trinajstić information content (AvgIpc) is 3.36. The van der Waals surface area contributed by atoms with Crippen molar-refractivity contribution in [3.63, 3.8) is 0 Å². The highest BCUT2D eigenvalue weighted by atomic mass is 35.5. The van der Waals surface area contributed by atoms with E-state index < -0.39 is 0 Å². The Morgan fingerprint density at radius 1 is 0.871 bits per heavy atom. The summed E-state index contributed by atoms with van der Waals surface area (Å²) in [4.78, 5) is 0. The summed E-state index contributed by atoms with van der Waals surface area (Å²) in [5.74, 6) is 0. The second-order valence-corrected chi connectivity index (χ2v) is 8.34. The summed E-state index contributed by atoms with van der Waals surface area (Å²) in [6.45, 7) is 3.23. The molecule has 0 fully saturated rings. The summed E-state index contributed by atoms with van der Waals surface area (Å²) in [6.07, 6.45) is 7.19. The van der Waals surface area contributed by atoms with E-state index in [1.165, 1.54) is 11.1 Å². The first kappa shape index (κ1) is 21.4. The molecule has 4 aromatic rings. The monoisotopic (exact) mass is 470 g/mol. The third-order valence-corrected chi connectivity index (χ3v) is 5.54. The lowest BCUT2D eigenvalue weighted by Crippen LogP contribution is -2.18. The van der Waals surface area contributed by atoms with Gasteiger partial charge in [-0.15, -0.1) is 0 Å². The SMILES string of the molecule is Cc1ccc(Cn2cc(NC(=S)Nc3cnn(Cc4c(Cl)cccc4Cl)c3)cn2)cc1. The molecular weight excluding hydrogens is 451 g/mol. The van der Waals surface area contributed by atoms with E-state index in [-0.39, 0.29) is 0 Å². The van der Waals surface area contributed by atoms with E-state index in [4.69, 9.17) is 35.4 Å². The maximum atomic E-state index is 6.24. The van der Waals surface area contributed by atoms with Crippen LogP contribution in [0.3, 0.4) is 0 Å². The lowest BCUT2D eigenvalue weighted by Gasteiger charge is -2.08. The number of hydrogen-bond acceptors (Lipinski definition) is 3. The van der Waals surface area contributed by atoms with Gasteiger partial charge in [0.15, 0.2) is 5.11 Å². The summed E-state index contributed by atoms with van der Waals surface area (Å²) in [7, 11) is 0. The number of halogens is 2. The first-order chi connectivity index (χ1) is 15.0. The summed E-state index contributed by atoms with van der Waals surface area (Å²) < 4.78 is 3.61. The van der Waals surface area contributed by atoms with E-state index in [0.717, 1.165) is 16.9 Å². The zero-order valence-electron chi connectivity index (χ0n) is 16.7. The van der Waals surface area contributed by atoms with Crippen molar-refractivity contribution < 1.29 is 0 Å². The Morgan fingerprint density at radius 2 is 1.42 bits per heavy atom. The molecule has 0 unspecified atom stereocenters. The molecule has 0 aliphatic heterocycles. The minimum Gasteiger partial charge on any atom is -0.330 e. The van der Waals surface area contributed by atoms with Crippen LogP contribution in [-0.4, -0.2) is 24.7 Å². The van der Waals surface area contributed by atoms with Crippen LogP contribution in [0.15, 0.2) is 67.3 Å². The van der Waals surface area contributed by atoms with E-state index in [1.807, 2.05) is 35.3 Å². The van der Waals surface area contributed by atoms with Crippen molar-refractivity contribution >= 4 is 51.9 Å². The minimum atomic E-state index is 0.449. The Morgan fingerprint density at radius 3 is 2.00 bits per heavy atom. The summed E-state index contributed by atoms with van der Waals surface area (Å²) in [6, 6.07) is 13.8. The Bertz CT molecular complexity index is 1180. The van der Waals surface area contributed by atoms with Crippen molar-refractivity contribution in [2.24, 2.45) is 0 Å². The number of anilines is 2. The molecule has 2 aromatic carbocycles. The molecule has 0 amide bonds. The van der Waals surface area contributed by atoms with Gasteiger partial charge >= 0.3 is 0 Å². The van der Waals surface area contributed by atoms with Gasteiger partial charge in [-0.05, 0) is 36.8 Å². The van der Waals surface area contributed by atoms with Crippen molar-refractivity contribution in [2.75, 3.05) is 10.6 Å². The number of aryl methyl sites for hydroxylation is 1. The highest BCUT2D eigenvalue weighted by Gasteiger charge is 2.09. The predicted octanol–water partition coefficient (Wildman–Crippen LogP) is 5.60. The van der Waals surface area contributed by atoms with Gasteiger partial charge in [0.25, 0.3) is 0 Å². The molecule has 0 saturated carbocycles. The number of aromatic nitrogens is 4. The van der Waals surface area contributed by atoms with Crippen LogP contribution in [0, 0.1) is 6.92 Å². The predicted molar refractivity (Wildman–Crippen MR) is 130 cm³/mol. The zero-order chi connectivity index (χ0) is 21.8. The van der Waals surface area contributed by atoms with Crippen LogP contribution in [0.1, 0.15) is 16.7 Å². The molecule has 2 heterocycles. The molecule has 2 aromatic heterocycles. The maximum Gasteiger partial charge on any atom is 0.175 e. The van der Waals surface area contributed by atoms with Gasteiger partial charge in [-0.3, -0.25) is 9.36 Å². The van der Waals surface area contributed by atoms with Crippen LogP contribution in [0.25, 0.3) is 0 Å². The van der Waals surface area contributed by atoms with E-state index in [2.05, 4.69) is 52.0 Å². The van der Waals surface area contributed by atoms with Gasteiger partial charge in [0, 0.05) is 28.0 Å². The van der Waals surface area contributed by atoms with E-state index in [9.17, 15) is 0 Å². The van der Waals surface area contributed by atoms with Crippen molar-refractivity contribution in [3.05, 3.63) is 94.0 Å². The highest BCUT2D eigenvalue weighted by Crippen LogP contribution is 2.25. The minimum absolute atomic E-state index is 0.449. The van der Waals surface area contributed by atoms with Gasteiger partial charge in [-0.2, -0.15) is 10.2 Å². The molecule has 0 atom stereocenters. The molecule has 0 bridgehead atoms. The van der Waals surface area contributed by atoms with Gasteiger partial charge in [-0.25, -0.2) is 0 Å². The molecule has 6 nitrogen and oxygen atoms in total. The first-order valence-electron chi connectivity index (χ1n) is 9.57. The van der Waals surface area contributed by atoms with Gasteiger partial charge in [-0.1, -0.05) is 59.1 Å². The summed E-state index contributed by atoms with van der Waals surface area (Å²) in [5, 5.41) is 16.7. The molecule has 0 aliphatic rings. The van der Waals surface area contributed by atoms with E-state index >= 15 is 0 Å². The number of benzene rings is 2. The van der Waals surface area contributed by atoms with Gasteiger partial charge < -0.3 is 10.6 Å². The third kappa shape index (κ3) is 5.64. The van der Waals surface area contributed by atoms with E-state index in [0.29, 0.717) is 28.2 Å². The highest BCUT2D eigenvalue weighted by molar-refractivity contribution is 7.80. The van der Waals surface area contributed by atoms with Gasteiger partial charge in [0.05, 0.1) is 36.9 Å². The Balaban J connectivity index is 1.33. The van der Waals surface area contributed by atoms with Crippen LogP contribution in [0.4, 0.5) is 11.4 Å². The van der Waals surface area contributed by atoms with Crippen molar-refractivity contribution in [3.8, 4) is 0 Å². The van der Waals surface area contributed by atoms with Gasteiger partial charge in [0.1, 0.15) is 0 Å². The third-order valence-electron chi connectivity index (χ3n) is 4.63. The quantitative estimate of drug-likeness (QED) is 0.359. The van der Waals surface area contributed by atoms with Crippen molar-refractivity contribution in [1.82, 2.24) is 19.6 Å². The Kier molecular flexibility index (Phi) is 6.56. The number of rotatable bonds is 6. The van der Waals surface area contributed by atoms with Crippen LogP contribution >= 0.6 is 35.4 Å². The topological polar surface area (TPSA) is 59.7 Å². The molecule has 4 rings (SSSR count). The molecule has 2 N–H and O–H groups in total. The van der Waals surface area contributed by atoms with Gasteiger partial charge in [0.2, 0.25) is 0 Å². The zero-order valence-corrected chi connectivity index (χ0v) is 19.0. The fraction of sp³-hybridized carbons (Fsp3) is 0.136. The fourth-order valence-corrected chi connectivity index (χ4v) is 3.80. The number of hydrogen-bond donors (Lipinski definition) is 2. The molecule has 0 spiro atoms. The van der Waals surface area contributed by atoms with Crippen molar-refractivity contribution in [2.45, 2.75) is 20.0 Å². The molecule has 158 valence electrons. The lowest BCUT2D eigenvalue weighted by molar-refractivity contribution is 0.687. The Hall–Kier alpha value is -2.87. The van der Waals surface area contributed by atoms with Crippen LogP contribution in [0.2, 0.25) is 10.0 Å². The molecular formula is C22H20Cl2N6S. The summed E-state index contributed by atoms with van der Waals surface area (Å²) in [5.41, 5.74) is 4.81. The second kappa shape index (κ2) is 9.51. The van der Waals surface area contributed by atoms with Crippen LogP contribution in [0.5, 0.6) is 0 Å². The van der Waals surface area contributed by atoms with E-state index in [1.54, 1.807) is 17.1 Å². The van der Waals surface area contributed by atoms with Crippen molar-refractivity contribution in [1.29, 1.82) is 0 Å². The molecule has 0 radical (unpaired) electrons. The summed E-state index contributed by atoms with van der Waals surface area (Å²) >= 11 is 17.9. The molecule has 9 heteroatoms. The largest absolute Gasteiger partial charge is 0.330 e. The average molecular weight is 471 g/mol.